The highest BCUT2D eigenvalue weighted by atomic mass is 32.1. The van der Waals surface area contributed by atoms with Gasteiger partial charge in [-0.05, 0) is 49.9 Å². The van der Waals surface area contributed by atoms with Crippen LogP contribution in [0.15, 0.2) is 29.6 Å². The van der Waals surface area contributed by atoms with Crippen molar-refractivity contribution in [1.29, 1.82) is 0 Å². The quantitative estimate of drug-likeness (QED) is 0.870. The van der Waals surface area contributed by atoms with Gasteiger partial charge in [0.25, 0.3) is 0 Å². The summed E-state index contributed by atoms with van der Waals surface area (Å²) < 4.78 is 19.5. The van der Waals surface area contributed by atoms with Crippen LogP contribution in [0.5, 0.6) is 0 Å². The summed E-state index contributed by atoms with van der Waals surface area (Å²) in [7, 11) is 0. The molecule has 1 spiro atoms. The number of aliphatic hydroxyl groups excluding tert-OH is 1. The monoisotopic (exact) mass is 376 g/mol. The van der Waals surface area contributed by atoms with Gasteiger partial charge in [-0.25, -0.2) is 9.37 Å². The number of aromatic nitrogens is 1. The lowest BCUT2D eigenvalue weighted by atomic mass is 9.81. The van der Waals surface area contributed by atoms with Crippen LogP contribution in [0.3, 0.4) is 0 Å². The van der Waals surface area contributed by atoms with Gasteiger partial charge >= 0.3 is 0 Å². The molecule has 1 aromatic heterocycles. The Hall–Kier alpha value is -1.50. The second kappa shape index (κ2) is 7.25. The SMILES string of the molecule is CC[C@H]1C[C@@H](O)CC2(CCN(c3nc(-c4ccc(F)cc4)cs3)CC2)O1. The molecule has 6 heteroatoms. The van der Waals surface area contributed by atoms with Gasteiger partial charge in [-0.15, -0.1) is 11.3 Å². The molecule has 2 aromatic rings. The van der Waals surface area contributed by atoms with E-state index >= 15 is 0 Å². The van der Waals surface area contributed by atoms with Crippen LogP contribution in [0.25, 0.3) is 11.3 Å². The standard InChI is InChI=1S/C20H25FN2O2S/c1-2-17-11-16(24)12-20(25-17)7-9-23(10-8-20)19-22-18(13-26-19)14-3-5-15(21)6-4-14/h3-6,13,16-17,24H,2,7-12H2,1H3/t16-,17+/m1/s1. The molecule has 26 heavy (non-hydrogen) atoms. The molecule has 2 aliphatic heterocycles. The van der Waals surface area contributed by atoms with Crippen molar-refractivity contribution in [3.05, 3.63) is 35.5 Å². The van der Waals surface area contributed by atoms with Crippen molar-refractivity contribution in [1.82, 2.24) is 4.98 Å². The Bertz CT molecular complexity index is 741. The zero-order valence-electron chi connectivity index (χ0n) is 15.0. The molecule has 0 bridgehead atoms. The van der Waals surface area contributed by atoms with Crippen LogP contribution in [0, 0.1) is 5.82 Å². The Labute approximate surface area is 157 Å². The molecule has 2 saturated heterocycles. The number of benzene rings is 1. The van der Waals surface area contributed by atoms with E-state index in [-0.39, 0.29) is 23.6 Å². The molecule has 0 aliphatic carbocycles. The first kappa shape index (κ1) is 17.9. The summed E-state index contributed by atoms with van der Waals surface area (Å²) in [6.07, 6.45) is 4.24. The minimum absolute atomic E-state index is 0.175. The van der Waals surface area contributed by atoms with E-state index < -0.39 is 0 Å². The molecule has 2 aliphatic rings. The Morgan fingerprint density at radius 2 is 2.04 bits per heavy atom. The minimum atomic E-state index is -0.245. The van der Waals surface area contributed by atoms with Gasteiger partial charge in [0, 0.05) is 30.5 Å². The minimum Gasteiger partial charge on any atom is -0.393 e. The highest BCUT2D eigenvalue weighted by molar-refractivity contribution is 7.14. The molecule has 2 fully saturated rings. The van der Waals surface area contributed by atoms with E-state index in [1.54, 1.807) is 23.5 Å². The van der Waals surface area contributed by atoms with Crippen molar-refractivity contribution in [2.24, 2.45) is 0 Å². The summed E-state index contributed by atoms with van der Waals surface area (Å²) in [6.45, 7) is 3.90. The molecule has 1 N–H and O–H groups in total. The molecule has 4 nitrogen and oxygen atoms in total. The van der Waals surface area contributed by atoms with E-state index in [1.807, 2.05) is 5.38 Å². The van der Waals surface area contributed by atoms with E-state index in [9.17, 15) is 9.50 Å². The van der Waals surface area contributed by atoms with Gasteiger partial charge in [-0.2, -0.15) is 0 Å². The number of aliphatic hydroxyl groups is 1. The zero-order chi connectivity index (χ0) is 18.1. The van der Waals surface area contributed by atoms with Gasteiger partial charge in [0.15, 0.2) is 5.13 Å². The van der Waals surface area contributed by atoms with Gasteiger partial charge in [0.05, 0.1) is 23.5 Å². The average Bonchev–Trinajstić information content (AvgIpc) is 3.12. The van der Waals surface area contributed by atoms with Crippen LogP contribution in [0.4, 0.5) is 9.52 Å². The third-order valence-corrected chi connectivity index (χ3v) is 6.49. The summed E-state index contributed by atoms with van der Waals surface area (Å²) in [6, 6.07) is 6.47. The van der Waals surface area contributed by atoms with Crippen molar-refractivity contribution in [2.45, 2.75) is 56.8 Å². The van der Waals surface area contributed by atoms with Crippen LogP contribution < -0.4 is 4.90 Å². The fraction of sp³-hybridized carbons (Fsp3) is 0.550. The summed E-state index contributed by atoms with van der Waals surface area (Å²) in [5.74, 6) is -0.231. The molecule has 0 unspecified atom stereocenters. The summed E-state index contributed by atoms with van der Waals surface area (Å²) in [5.41, 5.74) is 1.65. The molecular formula is C20H25FN2O2S. The number of hydrogen-bond donors (Lipinski definition) is 1. The highest BCUT2D eigenvalue weighted by Gasteiger charge is 2.43. The molecule has 2 atom stereocenters. The third-order valence-electron chi connectivity index (χ3n) is 5.59. The Balaban J connectivity index is 1.43. The first-order valence-corrected chi connectivity index (χ1v) is 10.3. The number of halogens is 1. The number of anilines is 1. The largest absolute Gasteiger partial charge is 0.393 e. The molecular weight excluding hydrogens is 351 g/mol. The summed E-state index contributed by atoms with van der Waals surface area (Å²) in [5, 5.41) is 13.3. The lowest BCUT2D eigenvalue weighted by molar-refractivity contribution is -0.171. The smallest absolute Gasteiger partial charge is 0.185 e. The van der Waals surface area contributed by atoms with Crippen molar-refractivity contribution in [3.8, 4) is 11.3 Å². The van der Waals surface area contributed by atoms with Crippen molar-refractivity contribution in [2.75, 3.05) is 18.0 Å². The van der Waals surface area contributed by atoms with Crippen LogP contribution in [0.1, 0.15) is 39.0 Å². The van der Waals surface area contributed by atoms with Crippen molar-refractivity contribution in [3.63, 3.8) is 0 Å². The Kier molecular flexibility index (Phi) is 4.99. The van der Waals surface area contributed by atoms with Gasteiger partial charge in [0.2, 0.25) is 0 Å². The number of thiazole rings is 1. The molecule has 140 valence electrons. The maximum atomic E-state index is 13.1. The molecule has 3 heterocycles. The number of hydrogen-bond acceptors (Lipinski definition) is 5. The first-order chi connectivity index (χ1) is 12.6. The summed E-state index contributed by atoms with van der Waals surface area (Å²) in [4.78, 5) is 7.05. The van der Waals surface area contributed by atoms with Crippen LogP contribution >= 0.6 is 11.3 Å². The van der Waals surface area contributed by atoms with Crippen LogP contribution in [-0.2, 0) is 4.74 Å². The van der Waals surface area contributed by atoms with E-state index in [0.29, 0.717) is 0 Å². The van der Waals surface area contributed by atoms with Crippen LogP contribution in [-0.4, -0.2) is 41.0 Å². The first-order valence-electron chi connectivity index (χ1n) is 9.39. The maximum absolute atomic E-state index is 13.1. The summed E-state index contributed by atoms with van der Waals surface area (Å²) >= 11 is 1.63. The predicted molar refractivity (Wildman–Crippen MR) is 102 cm³/mol. The maximum Gasteiger partial charge on any atom is 0.185 e. The third kappa shape index (κ3) is 3.63. The molecule has 0 amide bonds. The predicted octanol–water partition coefficient (Wildman–Crippen LogP) is 4.24. The lowest BCUT2D eigenvalue weighted by Crippen LogP contribution is -2.52. The van der Waals surface area contributed by atoms with Gasteiger partial charge in [0.1, 0.15) is 5.82 Å². The van der Waals surface area contributed by atoms with Crippen LogP contribution in [0.2, 0.25) is 0 Å². The van der Waals surface area contributed by atoms with E-state index in [1.165, 1.54) is 12.1 Å². The number of nitrogens with zero attached hydrogens (tertiary/aromatic N) is 2. The van der Waals surface area contributed by atoms with Gasteiger partial charge in [-0.3, -0.25) is 0 Å². The van der Waals surface area contributed by atoms with E-state index in [0.717, 1.165) is 61.6 Å². The van der Waals surface area contributed by atoms with E-state index in [4.69, 9.17) is 9.72 Å². The normalized spacial score (nSPS) is 25.6. The van der Waals surface area contributed by atoms with E-state index in [2.05, 4.69) is 11.8 Å². The van der Waals surface area contributed by atoms with Crippen molar-refractivity contribution >= 4 is 16.5 Å². The van der Waals surface area contributed by atoms with Gasteiger partial charge in [-0.1, -0.05) is 6.92 Å². The molecule has 0 saturated carbocycles. The number of rotatable bonds is 3. The number of ether oxygens (including phenoxy) is 1. The average molecular weight is 376 g/mol. The van der Waals surface area contributed by atoms with Gasteiger partial charge < -0.3 is 14.7 Å². The fourth-order valence-electron chi connectivity index (χ4n) is 4.11. The van der Waals surface area contributed by atoms with Crippen molar-refractivity contribution < 1.29 is 14.2 Å². The topological polar surface area (TPSA) is 45.6 Å². The Morgan fingerprint density at radius 3 is 2.73 bits per heavy atom. The lowest BCUT2D eigenvalue weighted by Gasteiger charge is -2.47. The Morgan fingerprint density at radius 1 is 1.31 bits per heavy atom. The number of piperidine rings is 1. The molecule has 0 radical (unpaired) electrons. The molecule has 1 aromatic carbocycles. The second-order valence-corrected chi connectivity index (χ2v) is 8.27. The fourth-order valence-corrected chi connectivity index (χ4v) is 4.99. The molecule has 4 rings (SSSR count). The second-order valence-electron chi connectivity index (χ2n) is 7.43. The zero-order valence-corrected chi connectivity index (χ0v) is 15.8. The highest BCUT2D eigenvalue weighted by Crippen LogP contribution is 2.40.